The van der Waals surface area contributed by atoms with E-state index in [1.807, 2.05) is 0 Å². The molecule has 1 N–H and O–H groups in total. The maximum Gasteiger partial charge on any atom is 0.257 e. The third kappa shape index (κ3) is 5.82. The molecule has 0 bridgehead atoms. The van der Waals surface area contributed by atoms with E-state index in [1.165, 1.54) is 0 Å². The third-order valence-corrected chi connectivity index (χ3v) is 5.45. The van der Waals surface area contributed by atoms with Gasteiger partial charge in [-0.25, -0.2) is 0 Å². The number of nitrogens with zero attached hydrogens (tertiary/aromatic N) is 2. The first-order valence-electron chi connectivity index (χ1n) is 9.84. The van der Waals surface area contributed by atoms with Crippen LogP contribution in [0.4, 0.5) is 0 Å². The summed E-state index contributed by atoms with van der Waals surface area (Å²) >= 11 is 6.16. The molecule has 1 saturated heterocycles. The van der Waals surface area contributed by atoms with Gasteiger partial charge in [-0.2, -0.15) is 0 Å². The molecule has 7 heteroatoms. The van der Waals surface area contributed by atoms with Gasteiger partial charge >= 0.3 is 0 Å². The Kier molecular flexibility index (Phi) is 7.76. The first-order chi connectivity index (χ1) is 13.2. The molecule has 27 heavy (non-hydrogen) atoms. The predicted octanol–water partition coefficient (Wildman–Crippen LogP) is 2.43. The van der Waals surface area contributed by atoms with Crippen molar-refractivity contribution in [2.45, 2.75) is 31.8 Å². The zero-order valence-corrected chi connectivity index (χ0v) is 16.5. The largest absolute Gasteiger partial charge is 0.490 e. The van der Waals surface area contributed by atoms with Gasteiger partial charge in [0.15, 0.2) is 0 Å². The van der Waals surface area contributed by atoms with Crippen LogP contribution in [0.25, 0.3) is 0 Å². The van der Waals surface area contributed by atoms with Gasteiger partial charge in [0.2, 0.25) is 0 Å². The number of carbonyl (C=O) groups excluding carboxylic acids is 1. The monoisotopic (exact) mass is 396 g/mol. The Hall–Kier alpha value is -1.34. The molecule has 1 aromatic rings. The smallest absolute Gasteiger partial charge is 0.257 e. The Morgan fingerprint density at radius 1 is 1.26 bits per heavy atom. The fourth-order valence-electron chi connectivity index (χ4n) is 3.65. The number of aliphatic hydroxyl groups excluding tert-OH is 1. The van der Waals surface area contributed by atoms with Crippen molar-refractivity contribution in [3.8, 4) is 5.75 Å². The average Bonchev–Trinajstić information content (AvgIpc) is 3.20. The SMILES string of the molecule is O=C(c1cc(Cl)ccc1OC1CCCC1)N(CCO)CCN1CCOCC1. The molecule has 1 aliphatic carbocycles. The minimum absolute atomic E-state index is 0.0752. The number of halogens is 1. The highest BCUT2D eigenvalue weighted by Crippen LogP contribution is 2.29. The van der Waals surface area contributed by atoms with Gasteiger partial charge in [0, 0.05) is 37.7 Å². The van der Waals surface area contributed by atoms with Crippen molar-refractivity contribution in [1.82, 2.24) is 9.80 Å². The second-order valence-corrected chi connectivity index (χ2v) is 7.57. The molecule has 1 amide bonds. The van der Waals surface area contributed by atoms with E-state index in [2.05, 4.69) is 4.90 Å². The first-order valence-corrected chi connectivity index (χ1v) is 10.2. The first kappa shape index (κ1) is 20.4. The highest BCUT2D eigenvalue weighted by Gasteiger charge is 2.24. The second kappa shape index (κ2) is 10.3. The van der Waals surface area contributed by atoms with Crippen LogP contribution in [0.5, 0.6) is 5.75 Å². The van der Waals surface area contributed by atoms with Gasteiger partial charge in [-0.3, -0.25) is 9.69 Å². The molecule has 3 rings (SSSR count). The molecular weight excluding hydrogens is 368 g/mol. The Morgan fingerprint density at radius 3 is 2.70 bits per heavy atom. The maximum absolute atomic E-state index is 13.2. The van der Waals surface area contributed by atoms with Crippen molar-refractivity contribution in [2.24, 2.45) is 0 Å². The van der Waals surface area contributed by atoms with E-state index in [0.29, 0.717) is 29.4 Å². The van der Waals surface area contributed by atoms with Crippen LogP contribution in [0.15, 0.2) is 18.2 Å². The zero-order chi connectivity index (χ0) is 19.1. The third-order valence-electron chi connectivity index (χ3n) is 5.21. The topological polar surface area (TPSA) is 62.2 Å². The van der Waals surface area contributed by atoms with Crippen LogP contribution < -0.4 is 4.74 Å². The number of morpholine rings is 1. The van der Waals surface area contributed by atoms with Crippen molar-refractivity contribution < 1.29 is 19.4 Å². The van der Waals surface area contributed by atoms with Crippen LogP contribution in [0.3, 0.4) is 0 Å². The fourth-order valence-corrected chi connectivity index (χ4v) is 3.82. The molecule has 0 radical (unpaired) electrons. The number of amides is 1. The summed E-state index contributed by atoms with van der Waals surface area (Å²) in [6.07, 6.45) is 4.54. The molecule has 1 heterocycles. The number of hydrogen-bond acceptors (Lipinski definition) is 5. The Morgan fingerprint density at radius 2 is 2.00 bits per heavy atom. The van der Waals surface area contributed by atoms with Crippen LogP contribution >= 0.6 is 11.6 Å². The van der Waals surface area contributed by atoms with E-state index < -0.39 is 0 Å². The number of carbonyl (C=O) groups is 1. The molecule has 0 atom stereocenters. The molecule has 1 aromatic carbocycles. The minimum atomic E-state index is -0.146. The fraction of sp³-hybridized carbons (Fsp3) is 0.650. The molecule has 2 aliphatic rings. The quantitative estimate of drug-likeness (QED) is 0.731. The standard InChI is InChI=1S/C20H29ClN2O4/c21-16-5-6-19(27-17-3-1-2-4-17)18(15-16)20(25)23(9-12-24)8-7-22-10-13-26-14-11-22/h5-6,15,17,24H,1-4,7-14H2. The number of aliphatic hydroxyl groups is 1. The minimum Gasteiger partial charge on any atom is -0.490 e. The molecule has 6 nitrogen and oxygen atoms in total. The lowest BCUT2D eigenvalue weighted by molar-refractivity contribution is 0.0314. The summed E-state index contributed by atoms with van der Waals surface area (Å²) in [7, 11) is 0. The van der Waals surface area contributed by atoms with Crippen molar-refractivity contribution in [1.29, 1.82) is 0 Å². The van der Waals surface area contributed by atoms with Gasteiger partial charge in [-0.05, 0) is 43.9 Å². The Labute approximate surface area is 166 Å². The molecule has 1 saturated carbocycles. The summed E-state index contributed by atoms with van der Waals surface area (Å²) < 4.78 is 11.5. The molecule has 0 unspecified atom stereocenters. The molecule has 1 aliphatic heterocycles. The van der Waals surface area contributed by atoms with Crippen molar-refractivity contribution in [3.05, 3.63) is 28.8 Å². The molecule has 0 aromatic heterocycles. The van der Waals surface area contributed by atoms with Crippen molar-refractivity contribution in [2.75, 3.05) is 52.5 Å². The van der Waals surface area contributed by atoms with Gasteiger partial charge in [0.1, 0.15) is 5.75 Å². The summed E-state index contributed by atoms with van der Waals surface area (Å²) in [4.78, 5) is 17.1. The highest BCUT2D eigenvalue weighted by atomic mass is 35.5. The van der Waals surface area contributed by atoms with Gasteiger partial charge in [0.25, 0.3) is 5.91 Å². The lowest BCUT2D eigenvalue weighted by Gasteiger charge is -2.30. The van der Waals surface area contributed by atoms with Crippen LogP contribution in [0, 0.1) is 0 Å². The highest BCUT2D eigenvalue weighted by molar-refractivity contribution is 6.31. The van der Waals surface area contributed by atoms with E-state index in [1.54, 1.807) is 23.1 Å². The molecule has 0 spiro atoms. The molecule has 2 fully saturated rings. The Balaban J connectivity index is 1.70. The number of rotatable bonds is 8. The van der Waals surface area contributed by atoms with Crippen LogP contribution in [-0.2, 0) is 4.74 Å². The van der Waals surface area contributed by atoms with Crippen LogP contribution in [0.1, 0.15) is 36.0 Å². The van der Waals surface area contributed by atoms with Gasteiger partial charge in [-0.15, -0.1) is 0 Å². The average molecular weight is 397 g/mol. The Bertz CT molecular complexity index is 616. The van der Waals surface area contributed by atoms with Crippen molar-refractivity contribution >= 4 is 17.5 Å². The zero-order valence-electron chi connectivity index (χ0n) is 15.7. The lowest BCUT2D eigenvalue weighted by atomic mass is 10.1. The van der Waals surface area contributed by atoms with Crippen molar-refractivity contribution in [3.63, 3.8) is 0 Å². The predicted molar refractivity (Wildman–Crippen MR) is 105 cm³/mol. The van der Waals surface area contributed by atoms with Gasteiger partial charge in [0.05, 0.1) is 31.5 Å². The van der Waals surface area contributed by atoms with Gasteiger partial charge < -0.3 is 19.5 Å². The summed E-state index contributed by atoms with van der Waals surface area (Å²) in [6.45, 7) is 4.71. The van der Waals surface area contributed by atoms with E-state index in [0.717, 1.165) is 58.5 Å². The second-order valence-electron chi connectivity index (χ2n) is 7.13. The summed E-state index contributed by atoms with van der Waals surface area (Å²) in [6, 6.07) is 5.22. The van der Waals surface area contributed by atoms with E-state index >= 15 is 0 Å². The van der Waals surface area contributed by atoms with E-state index in [9.17, 15) is 9.90 Å². The normalized spacial score (nSPS) is 18.6. The van der Waals surface area contributed by atoms with Crippen LogP contribution in [-0.4, -0.2) is 79.5 Å². The summed E-state index contributed by atoms with van der Waals surface area (Å²) in [5.74, 6) is 0.443. The lowest BCUT2D eigenvalue weighted by Crippen LogP contribution is -2.44. The van der Waals surface area contributed by atoms with E-state index in [-0.39, 0.29) is 18.6 Å². The number of hydrogen-bond donors (Lipinski definition) is 1. The van der Waals surface area contributed by atoms with E-state index in [4.69, 9.17) is 21.1 Å². The number of benzene rings is 1. The van der Waals surface area contributed by atoms with Crippen LogP contribution in [0.2, 0.25) is 5.02 Å². The molecular formula is C20H29ClN2O4. The number of ether oxygens (including phenoxy) is 2. The summed E-state index contributed by atoms with van der Waals surface area (Å²) in [5.41, 5.74) is 0.477. The molecule has 150 valence electrons. The van der Waals surface area contributed by atoms with Gasteiger partial charge in [-0.1, -0.05) is 11.6 Å². The summed E-state index contributed by atoms with van der Waals surface area (Å²) in [5, 5.41) is 9.95. The maximum atomic E-state index is 13.2.